The second-order valence-corrected chi connectivity index (χ2v) is 6.19. The van der Waals surface area contributed by atoms with Crippen molar-refractivity contribution in [3.63, 3.8) is 0 Å². The van der Waals surface area contributed by atoms with Gasteiger partial charge in [-0.2, -0.15) is 0 Å². The lowest BCUT2D eigenvalue weighted by molar-refractivity contribution is -0.132. The first kappa shape index (κ1) is 14.1. The quantitative estimate of drug-likeness (QED) is 0.880. The largest absolute Gasteiger partial charge is 0.349 e. The highest BCUT2D eigenvalue weighted by Crippen LogP contribution is 2.35. The van der Waals surface area contributed by atoms with Gasteiger partial charge in [0.15, 0.2) is 0 Å². The number of carbonyl (C=O) groups is 1. The van der Waals surface area contributed by atoms with Crippen LogP contribution in [0.5, 0.6) is 0 Å². The Labute approximate surface area is 115 Å². The van der Waals surface area contributed by atoms with E-state index in [1.54, 1.807) is 19.0 Å². The Morgan fingerprint density at radius 1 is 1.26 bits per heavy atom. The minimum atomic E-state index is 0.0325. The number of nitrogens with zero attached hydrogens (tertiary/aromatic N) is 1. The molecule has 1 fully saturated rings. The summed E-state index contributed by atoms with van der Waals surface area (Å²) in [6.45, 7) is 1.98. The molecular formula is C16H24N2O. The van der Waals surface area contributed by atoms with E-state index >= 15 is 0 Å². The number of rotatable bonds is 5. The van der Waals surface area contributed by atoms with Crippen molar-refractivity contribution in [3.8, 4) is 0 Å². The number of carbonyl (C=O) groups excluding carboxylic acids is 1. The molecule has 2 N–H and O–H groups in total. The van der Waals surface area contributed by atoms with Crippen molar-refractivity contribution < 1.29 is 4.79 Å². The van der Waals surface area contributed by atoms with Crippen molar-refractivity contribution in [2.24, 2.45) is 11.7 Å². The molecule has 0 bridgehead atoms. The first-order valence-electron chi connectivity index (χ1n) is 6.97. The first-order chi connectivity index (χ1) is 8.89. The van der Waals surface area contributed by atoms with E-state index in [1.807, 2.05) is 6.92 Å². The molecule has 1 saturated carbocycles. The van der Waals surface area contributed by atoms with Crippen LogP contribution in [0.2, 0.25) is 0 Å². The standard InChI is InChI=1S/C16H24N2O/c1-12(15(19)18(2)3)10-13-4-6-14(7-5-13)11-16(17)8-9-16/h4-7,12H,8-11,17H2,1-3H3. The summed E-state index contributed by atoms with van der Waals surface area (Å²) in [5, 5.41) is 0. The van der Waals surface area contributed by atoms with Crippen LogP contribution in [0.25, 0.3) is 0 Å². The van der Waals surface area contributed by atoms with E-state index in [9.17, 15) is 4.79 Å². The maximum atomic E-state index is 11.8. The lowest BCUT2D eigenvalue weighted by Crippen LogP contribution is -2.29. The smallest absolute Gasteiger partial charge is 0.225 e. The van der Waals surface area contributed by atoms with Crippen LogP contribution >= 0.6 is 0 Å². The van der Waals surface area contributed by atoms with Crippen molar-refractivity contribution in [2.45, 2.75) is 38.1 Å². The van der Waals surface area contributed by atoms with Crippen LogP contribution < -0.4 is 5.73 Å². The van der Waals surface area contributed by atoms with Gasteiger partial charge in [0, 0.05) is 25.6 Å². The van der Waals surface area contributed by atoms with Crippen molar-refractivity contribution in [2.75, 3.05) is 14.1 Å². The Morgan fingerprint density at radius 3 is 2.26 bits per heavy atom. The lowest BCUT2D eigenvalue weighted by Gasteiger charge is -2.17. The summed E-state index contributed by atoms with van der Waals surface area (Å²) in [5.41, 5.74) is 8.70. The van der Waals surface area contributed by atoms with Gasteiger partial charge in [0.1, 0.15) is 0 Å². The normalized spacial score (nSPS) is 17.9. The third-order valence-corrected chi connectivity index (χ3v) is 3.88. The molecular weight excluding hydrogens is 236 g/mol. The molecule has 1 aliphatic rings. The van der Waals surface area contributed by atoms with Crippen LogP contribution in [0.15, 0.2) is 24.3 Å². The number of hydrogen-bond acceptors (Lipinski definition) is 2. The number of nitrogens with two attached hydrogens (primary N) is 1. The molecule has 0 heterocycles. The number of hydrogen-bond donors (Lipinski definition) is 1. The van der Waals surface area contributed by atoms with Gasteiger partial charge in [0.25, 0.3) is 0 Å². The molecule has 1 aromatic carbocycles. The zero-order valence-corrected chi connectivity index (χ0v) is 12.1. The van der Waals surface area contributed by atoms with Gasteiger partial charge in [0.2, 0.25) is 5.91 Å². The highest BCUT2D eigenvalue weighted by atomic mass is 16.2. The molecule has 104 valence electrons. The Morgan fingerprint density at radius 2 is 1.79 bits per heavy atom. The topological polar surface area (TPSA) is 46.3 Å². The molecule has 2 rings (SSSR count). The van der Waals surface area contributed by atoms with Crippen LogP contribution in [0.3, 0.4) is 0 Å². The summed E-state index contributed by atoms with van der Waals surface area (Å²) in [4.78, 5) is 13.5. The summed E-state index contributed by atoms with van der Waals surface area (Å²) in [7, 11) is 3.61. The van der Waals surface area contributed by atoms with Crippen LogP contribution in [0.4, 0.5) is 0 Å². The molecule has 0 saturated heterocycles. The second-order valence-electron chi connectivity index (χ2n) is 6.19. The van der Waals surface area contributed by atoms with E-state index < -0.39 is 0 Å². The van der Waals surface area contributed by atoms with Gasteiger partial charge in [-0.25, -0.2) is 0 Å². The van der Waals surface area contributed by atoms with Gasteiger partial charge in [0.05, 0.1) is 0 Å². The SMILES string of the molecule is CC(Cc1ccc(CC2(N)CC2)cc1)C(=O)N(C)C. The van der Waals surface area contributed by atoms with Gasteiger partial charge in [-0.15, -0.1) is 0 Å². The molecule has 3 heteroatoms. The predicted molar refractivity (Wildman–Crippen MR) is 77.9 cm³/mol. The van der Waals surface area contributed by atoms with Gasteiger partial charge < -0.3 is 10.6 Å². The van der Waals surface area contributed by atoms with Gasteiger partial charge in [-0.1, -0.05) is 31.2 Å². The van der Waals surface area contributed by atoms with E-state index in [0.717, 1.165) is 25.7 Å². The number of benzene rings is 1. The van der Waals surface area contributed by atoms with Gasteiger partial charge in [-0.05, 0) is 36.8 Å². The van der Waals surface area contributed by atoms with E-state index in [-0.39, 0.29) is 17.4 Å². The fraction of sp³-hybridized carbons (Fsp3) is 0.562. The molecule has 3 nitrogen and oxygen atoms in total. The third-order valence-electron chi connectivity index (χ3n) is 3.88. The minimum absolute atomic E-state index is 0.0325. The van der Waals surface area contributed by atoms with Gasteiger partial charge >= 0.3 is 0 Å². The summed E-state index contributed by atoms with van der Waals surface area (Å²) in [6.07, 6.45) is 4.05. The second kappa shape index (κ2) is 5.33. The Bertz CT molecular complexity index is 446. The first-order valence-corrected chi connectivity index (χ1v) is 6.97. The molecule has 1 aromatic rings. The van der Waals surface area contributed by atoms with Crippen LogP contribution in [0.1, 0.15) is 30.9 Å². The Balaban J connectivity index is 1.93. The van der Waals surface area contributed by atoms with Crippen molar-refractivity contribution in [1.82, 2.24) is 4.90 Å². The summed E-state index contributed by atoms with van der Waals surface area (Å²) >= 11 is 0. The maximum absolute atomic E-state index is 11.8. The van der Waals surface area contributed by atoms with E-state index in [1.165, 1.54) is 11.1 Å². The fourth-order valence-corrected chi connectivity index (χ4v) is 2.42. The van der Waals surface area contributed by atoms with Crippen LogP contribution in [-0.2, 0) is 17.6 Å². The zero-order chi connectivity index (χ0) is 14.0. The maximum Gasteiger partial charge on any atom is 0.225 e. The van der Waals surface area contributed by atoms with Crippen molar-refractivity contribution >= 4 is 5.91 Å². The molecule has 0 aromatic heterocycles. The monoisotopic (exact) mass is 260 g/mol. The van der Waals surface area contributed by atoms with E-state index in [4.69, 9.17) is 5.73 Å². The molecule has 1 amide bonds. The lowest BCUT2D eigenvalue weighted by atomic mass is 9.97. The van der Waals surface area contributed by atoms with Crippen LogP contribution in [0, 0.1) is 5.92 Å². The summed E-state index contributed by atoms with van der Waals surface area (Å²) in [5.74, 6) is 0.216. The predicted octanol–water partition coefficient (Wildman–Crippen LogP) is 1.99. The molecule has 1 unspecified atom stereocenters. The molecule has 1 atom stereocenters. The molecule has 0 radical (unpaired) electrons. The molecule has 19 heavy (non-hydrogen) atoms. The van der Waals surface area contributed by atoms with E-state index in [2.05, 4.69) is 24.3 Å². The third kappa shape index (κ3) is 3.80. The fourth-order valence-electron chi connectivity index (χ4n) is 2.42. The average Bonchev–Trinajstić information content (AvgIpc) is 3.08. The van der Waals surface area contributed by atoms with Crippen molar-refractivity contribution in [3.05, 3.63) is 35.4 Å². The van der Waals surface area contributed by atoms with Crippen LogP contribution in [-0.4, -0.2) is 30.4 Å². The Hall–Kier alpha value is -1.35. The summed E-state index contributed by atoms with van der Waals surface area (Å²) in [6, 6.07) is 8.55. The number of amides is 1. The highest BCUT2D eigenvalue weighted by molar-refractivity contribution is 5.78. The van der Waals surface area contributed by atoms with Crippen molar-refractivity contribution in [1.29, 1.82) is 0 Å². The average molecular weight is 260 g/mol. The molecule has 1 aliphatic carbocycles. The van der Waals surface area contributed by atoms with E-state index in [0.29, 0.717) is 0 Å². The molecule has 0 aliphatic heterocycles. The molecule has 0 spiro atoms. The van der Waals surface area contributed by atoms with Gasteiger partial charge in [-0.3, -0.25) is 4.79 Å². The Kier molecular flexibility index (Phi) is 3.95. The zero-order valence-electron chi connectivity index (χ0n) is 12.1. The summed E-state index contributed by atoms with van der Waals surface area (Å²) < 4.78 is 0. The minimum Gasteiger partial charge on any atom is -0.349 e. The highest BCUT2D eigenvalue weighted by Gasteiger charge is 2.37.